The average Bonchev–Trinajstić information content (AvgIpc) is 2.33. The number of hydrogen-bond acceptors (Lipinski definition) is 2. The molecule has 3 N–H and O–H groups in total. The van der Waals surface area contributed by atoms with Gasteiger partial charge in [0.25, 0.3) is 0 Å². The van der Waals surface area contributed by atoms with E-state index in [9.17, 15) is 4.79 Å². The lowest BCUT2D eigenvalue weighted by molar-refractivity contribution is -0.119. The van der Waals surface area contributed by atoms with Crippen LogP contribution in [0, 0.1) is 5.92 Å². The second-order valence-electron chi connectivity index (χ2n) is 4.24. The standard InChI is InChI=1S/C14H22N2O/c1-3-7-12-8-5-6-9-13(12)16-14(17)11(4-2)10-15/h5-6,8-9,11H,3-4,7,10,15H2,1-2H3,(H,16,17). The minimum atomic E-state index is -0.0929. The van der Waals surface area contributed by atoms with Gasteiger partial charge >= 0.3 is 0 Å². The van der Waals surface area contributed by atoms with E-state index in [1.807, 2.05) is 25.1 Å². The van der Waals surface area contributed by atoms with Crippen LogP contribution < -0.4 is 11.1 Å². The minimum Gasteiger partial charge on any atom is -0.330 e. The smallest absolute Gasteiger partial charge is 0.228 e. The van der Waals surface area contributed by atoms with E-state index in [2.05, 4.69) is 18.3 Å². The first-order chi connectivity index (χ1) is 8.22. The molecule has 0 spiro atoms. The second kappa shape index (κ2) is 7.07. The number of aryl methyl sites for hydroxylation is 1. The van der Waals surface area contributed by atoms with Crippen LogP contribution >= 0.6 is 0 Å². The predicted molar refractivity (Wildman–Crippen MR) is 71.9 cm³/mol. The Morgan fingerprint density at radius 2 is 2.06 bits per heavy atom. The number of amides is 1. The molecule has 0 saturated carbocycles. The van der Waals surface area contributed by atoms with E-state index in [-0.39, 0.29) is 11.8 Å². The molecule has 3 nitrogen and oxygen atoms in total. The van der Waals surface area contributed by atoms with Gasteiger partial charge in [0.15, 0.2) is 0 Å². The summed E-state index contributed by atoms with van der Waals surface area (Å²) in [7, 11) is 0. The fraction of sp³-hybridized carbons (Fsp3) is 0.500. The molecule has 94 valence electrons. The summed E-state index contributed by atoms with van der Waals surface area (Å²) in [6.07, 6.45) is 2.83. The van der Waals surface area contributed by atoms with Gasteiger partial charge < -0.3 is 11.1 Å². The van der Waals surface area contributed by atoms with Crippen LogP contribution in [0.4, 0.5) is 5.69 Å². The van der Waals surface area contributed by atoms with Crippen LogP contribution in [0.25, 0.3) is 0 Å². The molecule has 0 aliphatic heterocycles. The zero-order chi connectivity index (χ0) is 12.7. The van der Waals surface area contributed by atoms with Gasteiger partial charge in [-0.15, -0.1) is 0 Å². The van der Waals surface area contributed by atoms with Gasteiger partial charge in [0.1, 0.15) is 0 Å². The molecule has 0 heterocycles. The highest BCUT2D eigenvalue weighted by atomic mass is 16.1. The zero-order valence-electron chi connectivity index (χ0n) is 10.7. The van der Waals surface area contributed by atoms with Crippen molar-refractivity contribution < 1.29 is 4.79 Å². The van der Waals surface area contributed by atoms with Crippen molar-refractivity contribution in [3.8, 4) is 0 Å². The van der Waals surface area contributed by atoms with Gasteiger partial charge in [0.05, 0.1) is 5.92 Å². The van der Waals surface area contributed by atoms with Gasteiger partial charge in [0, 0.05) is 12.2 Å². The second-order valence-corrected chi connectivity index (χ2v) is 4.24. The van der Waals surface area contributed by atoms with E-state index in [0.717, 1.165) is 24.9 Å². The molecule has 1 rings (SSSR count). The van der Waals surface area contributed by atoms with E-state index >= 15 is 0 Å². The van der Waals surface area contributed by atoms with Crippen molar-refractivity contribution in [2.45, 2.75) is 33.1 Å². The summed E-state index contributed by atoms with van der Waals surface area (Å²) < 4.78 is 0. The number of anilines is 1. The maximum atomic E-state index is 11.9. The van der Waals surface area contributed by atoms with E-state index in [1.54, 1.807) is 0 Å². The molecule has 0 aliphatic carbocycles. The molecule has 1 aromatic carbocycles. The molecule has 17 heavy (non-hydrogen) atoms. The van der Waals surface area contributed by atoms with Crippen molar-refractivity contribution in [1.29, 1.82) is 0 Å². The van der Waals surface area contributed by atoms with E-state index in [0.29, 0.717) is 6.54 Å². The number of carbonyl (C=O) groups is 1. The lowest BCUT2D eigenvalue weighted by atomic mass is 10.0. The molecule has 1 amide bonds. The Kier molecular flexibility index (Phi) is 5.70. The first kappa shape index (κ1) is 13.7. The van der Waals surface area contributed by atoms with Crippen LogP contribution in [-0.2, 0) is 11.2 Å². The van der Waals surface area contributed by atoms with Crippen molar-refractivity contribution >= 4 is 11.6 Å². The van der Waals surface area contributed by atoms with Gasteiger partial charge in [-0.05, 0) is 24.5 Å². The number of nitrogens with two attached hydrogens (primary N) is 1. The van der Waals surface area contributed by atoms with Crippen molar-refractivity contribution in [3.05, 3.63) is 29.8 Å². The Morgan fingerprint density at radius 1 is 1.35 bits per heavy atom. The fourth-order valence-corrected chi connectivity index (χ4v) is 1.82. The molecule has 0 aliphatic rings. The van der Waals surface area contributed by atoms with Crippen molar-refractivity contribution in [3.63, 3.8) is 0 Å². The third-order valence-electron chi connectivity index (χ3n) is 2.94. The van der Waals surface area contributed by atoms with Gasteiger partial charge in [-0.3, -0.25) is 4.79 Å². The Balaban J connectivity index is 2.76. The monoisotopic (exact) mass is 234 g/mol. The number of para-hydroxylation sites is 1. The van der Waals surface area contributed by atoms with E-state index in [4.69, 9.17) is 5.73 Å². The summed E-state index contributed by atoms with van der Waals surface area (Å²) >= 11 is 0. The number of hydrogen-bond donors (Lipinski definition) is 2. The molecule has 0 saturated heterocycles. The van der Waals surface area contributed by atoms with Gasteiger partial charge in [-0.2, -0.15) is 0 Å². The van der Waals surface area contributed by atoms with Gasteiger partial charge in [0.2, 0.25) is 5.91 Å². The largest absolute Gasteiger partial charge is 0.330 e. The third-order valence-corrected chi connectivity index (χ3v) is 2.94. The molecule has 1 atom stereocenters. The Hall–Kier alpha value is -1.35. The lowest BCUT2D eigenvalue weighted by Crippen LogP contribution is -2.29. The van der Waals surface area contributed by atoms with Crippen LogP contribution in [0.15, 0.2) is 24.3 Å². The topological polar surface area (TPSA) is 55.1 Å². The molecular weight excluding hydrogens is 212 g/mol. The van der Waals surface area contributed by atoms with Crippen LogP contribution in [0.5, 0.6) is 0 Å². The number of rotatable bonds is 6. The Labute approximate surface area is 103 Å². The summed E-state index contributed by atoms with van der Waals surface area (Å²) in [6.45, 7) is 4.51. The highest BCUT2D eigenvalue weighted by Crippen LogP contribution is 2.18. The summed E-state index contributed by atoms with van der Waals surface area (Å²) in [4.78, 5) is 11.9. The molecule has 0 bridgehead atoms. The highest BCUT2D eigenvalue weighted by molar-refractivity contribution is 5.93. The SMILES string of the molecule is CCCc1ccccc1NC(=O)C(CC)CN. The molecule has 0 radical (unpaired) electrons. The van der Waals surface area contributed by atoms with Gasteiger partial charge in [-0.1, -0.05) is 38.5 Å². The molecule has 1 unspecified atom stereocenters. The van der Waals surface area contributed by atoms with Crippen molar-refractivity contribution in [2.75, 3.05) is 11.9 Å². The average molecular weight is 234 g/mol. The molecule has 1 aromatic rings. The van der Waals surface area contributed by atoms with Crippen LogP contribution in [0.2, 0.25) is 0 Å². The van der Waals surface area contributed by atoms with Crippen LogP contribution in [-0.4, -0.2) is 12.5 Å². The van der Waals surface area contributed by atoms with E-state index < -0.39 is 0 Å². The predicted octanol–water partition coefficient (Wildman–Crippen LogP) is 2.56. The normalized spacial score (nSPS) is 12.2. The molecule has 0 aromatic heterocycles. The first-order valence-electron chi connectivity index (χ1n) is 6.31. The van der Waals surface area contributed by atoms with Crippen LogP contribution in [0.3, 0.4) is 0 Å². The summed E-state index contributed by atoms with van der Waals surface area (Å²) in [5.74, 6) is -0.0664. The first-order valence-corrected chi connectivity index (χ1v) is 6.31. The third kappa shape index (κ3) is 3.86. The summed E-state index contributed by atoms with van der Waals surface area (Å²) in [5.41, 5.74) is 7.69. The zero-order valence-corrected chi connectivity index (χ0v) is 10.7. The molecule has 0 fully saturated rings. The highest BCUT2D eigenvalue weighted by Gasteiger charge is 2.15. The van der Waals surface area contributed by atoms with Gasteiger partial charge in [-0.25, -0.2) is 0 Å². The van der Waals surface area contributed by atoms with Crippen molar-refractivity contribution in [1.82, 2.24) is 0 Å². The Bertz CT molecular complexity index is 359. The summed E-state index contributed by atoms with van der Waals surface area (Å²) in [6, 6.07) is 7.95. The number of nitrogens with one attached hydrogen (secondary N) is 1. The Morgan fingerprint density at radius 3 is 2.65 bits per heavy atom. The lowest BCUT2D eigenvalue weighted by Gasteiger charge is -2.15. The number of benzene rings is 1. The quantitative estimate of drug-likeness (QED) is 0.794. The fourth-order valence-electron chi connectivity index (χ4n) is 1.82. The van der Waals surface area contributed by atoms with E-state index in [1.165, 1.54) is 5.56 Å². The van der Waals surface area contributed by atoms with Crippen LogP contribution in [0.1, 0.15) is 32.3 Å². The minimum absolute atomic E-state index is 0.0264. The van der Waals surface area contributed by atoms with Crippen molar-refractivity contribution in [2.24, 2.45) is 11.7 Å². The summed E-state index contributed by atoms with van der Waals surface area (Å²) in [5, 5.41) is 2.98. The maximum Gasteiger partial charge on any atom is 0.228 e. The number of carbonyl (C=O) groups excluding carboxylic acids is 1. The molecular formula is C14H22N2O. The maximum absolute atomic E-state index is 11.9. The molecule has 3 heteroatoms.